The molecule has 0 radical (unpaired) electrons. The number of aliphatic hydroxyl groups excluding tert-OH is 1. The minimum Gasteiger partial charge on any atom is -0.396 e. The number of benzene rings is 1. The summed E-state index contributed by atoms with van der Waals surface area (Å²) in [4.78, 5) is 23.3. The maximum absolute atomic E-state index is 11.7. The number of hydrogen-bond acceptors (Lipinski definition) is 4. The van der Waals surface area contributed by atoms with Gasteiger partial charge in [0.1, 0.15) is 0 Å². The zero-order valence-corrected chi connectivity index (χ0v) is 12.0. The number of para-hydroxylation sites is 1. The van der Waals surface area contributed by atoms with Crippen LogP contribution in [0.3, 0.4) is 0 Å². The summed E-state index contributed by atoms with van der Waals surface area (Å²) in [5.41, 5.74) is 0.646. The van der Waals surface area contributed by atoms with Crippen LogP contribution in [0.5, 0.6) is 0 Å². The van der Waals surface area contributed by atoms with E-state index in [1.54, 1.807) is 24.3 Å². The van der Waals surface area contributed by atoms with Crippen LogP contribution in [0.4, 0.5) is 10.5 Å². The third-order valence-corrected chi connectivity index (χ3v) is 2.65. The fraction of sp³-hybridized carbons (Fsp3) is 0.429. The van der Waals surface area contributed by atoms with Gasteiger partial charge in [0.25, 0.3) is 0 Å². The molecule has 1 rings (SSSR count). The Bertz CT molecular complexity index is 433. The van der Waals surface area contributed by atoms with E-state index in [-0.39, 0.29) is 25.1 Å². The number of hydrogen-bond donors (Lipinski definition) is 4. The number of nitrogens with one attached hydrogen (secondary N) is 3. The number of methoxy groups -OCH3 is 1. The van der Waals surface area contributed by atoms with Crippen LogP contribution in [-0.4, -0.2) is 50.0 Å². The zero-order valence-electron chi connectivity index (χ0n) is 12.0. The largest absolute Gasteiger partial charge is 0.396 e. The Morgan fingerprint density at radius 2 is 2.00 bits per heavy atom. The normalized spacial score (nSPS) is 11.5. The van der Waals surface area contributed by atoms with Gasteiger partial charge < -0.3 is 25.8 Å². The van der Waals surface area contributed by atoms with E-state index < -0.39 is 6.03 Å². The van der Waals surface area contributed by atoms with Crippen molar-refractivity contribution in [3.8, 4) is 0 Å². The first-order valence-corrected chi connectivity index (χ1v) is 6.64. The lowest BCUT2D eigenvalue weighted by atomic mass is 10.2. The minimum atomic E-state index is -0.457. The summed E-state index contributed by atoms with van der Waals surface area (Å²) in [5, 5.41) is 16.6. The molecule has 0 fully saturated rings. The molecule has 7 nitrogen and oxygen atoms in total. The quantitative estimate of drug-likeness (QED) is 0.555. The Labute approximate surface area is 123 Å². The van der Waals surface area contributed by atoms with Crippen molar-refractivity contribution in [3.63, 3.8) is 0 Å². The molecule has 4 N–H and O–H groups in total. The highest BCUT2D eigenvalue weighted by Gasteiger charge is 2.12. The van der Waals surface area contributed by atoms with Gasteiger partial charge in [0.15, 0.2) is 0 Å². The van der Waals surface area contributed by atoms with Crippen LogP contribution in [0.1, 0.15) is 6.42 Å². The first-order chi connectivity index (χ1) is 10.2. The third-order valence-electron chi connectivity index (χ3n) is 2.65. The summed E-state index contributed by atoms with van der Waals surface area (Å²) >= 11 is 0. The lowest BCUT2D eigenvalue weighted by Crippen LogP contribution is -2.45. The molecule has 0 saturated heterocycles. The zero-order chi connectivity index (χ0) is 15.5. The van der Waals surface area contributed by atoms with Crippen LogP contribution in [0, 0.1) is 0 Å². The van der Waals surface area contributed by atoms with Crippen molar-refractivity contribution in [3.05, 3.63) is 30.3 Å². The lowest BCUT2D eigenvalue weighted by Gasteiger charge is -2.17. The lowest BCUT2D eigenvalue weighted by molar-refractivity contribution is -0.121. The van der Waals surface area contributed by atoms with Gasteiger partial charge in [-0.3, -0.25) is 4.79 Å². The molecule has 3 amide bonds. The highest BCUT2D eigenvalue weighted by Crippen LogP contribution is 2.03. The monoisotopic (exact) mass is 295 g/mol. The summed E-state index contributed by atoms with van der Waals surface area (Å²) in [7, 11) is 1.52. The van der Waals surface area contributed by atoms with Crippen molar-refractivity contribution in [2.75, 3.05) is 32.2 Å². The predicted molar refractivity (Wildman–Crippen MR) is 79.0 cm³/mol. The fourth-order valence-corrected chi connectivity index (χ4v) is 1.69. The average Bonchev–Trinajstić information content (AvgIpc) is 2.47. The summed E-state index contributed by atoms with van der Waals surface area (Å²) < 4.78 is 4.94. The molecule has 1 atom stereocenters. The van der Waals surface area contributed by atoms with Crippen LogP contribution in [0.2, 0.25) is 0 Å². The predicted octanol–water partition coefficient (Wildman–Crippen LogP) is 0.322. The summed E-state index contributed by atoms with van der Waals surface area (Å²) in [5.74, 6) is -0.339. The number of ether oxygens (including phenoxy) is 1. The molecule has 0 bridgehead atoms. The SMILES string of the molecule is COCC(CCO)NC(=O)CNC(=O)Nc1ccccc1. The number of amides is 3. The molecule has 0 aliphatic rings. The van der Waals surface area contributed by atoms with Crippen molar-refractivity contribution in [2.24, 2.45) is 0 Å². The van der Waals surface area contributed by atoms with Gasteiger partial charge in [-0.15, -0.1) is 0 Å². The van der Waals surface area contributed by atoms with Gasteiger partial charge in [-0.05, 0) is 18.6 Å². The highest BCUT2D eigenvalue weighted by atomic mass is 16.5. The Balaban J connectivity index is 2.29. The summed E-state index contributed by atoms with van der Waals surface area (Å²) in [6.45, 7) is 0.114. The molecule has 0 spiro atoms. The van der Waals surface area contributed by atoms with E-state index in [0.29, 0.717) is 18.7 Å². The third kappa shape index (κ3) is 7.28. The van der Waals surface area contributed by atoms with Gasteiger partial charge in [0, 0.05) is 19.4 Å². The number of carbonyl (C=O) groups excluding carboxylic acids is 2. The molecule has 21 heavy (non-hydrogen) atoms. The Hall–Kier alpha value is -2.12. The Kier molecular flexibility index (Phi) is 7.85. The van der Waals surface area contributed by atoms with Gasteiger partial charge in [-0.1, -0.05) is 18.2 Å². The van der Waals surface area contributed by atoms with E-state index in [1.165, 1.54) is 7.11 Å². The van der Waals surface area contributed by atoms with Gasteiger partial charge in [0.05, 0.1) is 19.2 Å². The molecular formula is C14H21N3O4. The summed E-state index contributed by atoms with van der Waals surface area (Å²) in [6.07, 6.45) is 0.399. The van der Waals surface area contributed by atoms with Crippen molar-refractivity contribution in [1.29, 1.82) is 0 Å². The van der Waals surface area contributed by atoms with Crippen molar-refractivity contribution in [2.45, 2.75) is 12.5 Å². The second kappa shape index (κ2) is 9.73. The first kappa shape index (κ1) is 16.9. The van der Waals surface area contributed by atoms with E-state index in [9.17, 15) is 9.59 Å². The molecule has 0 saturated carbocycles. The van der Waals surface area contributed by atoms with Gasteiger partial charge in [-0.25, -0.2) is 4.79 Å². The van der Waals surface area contributed by atoms with Crippen LogP contribution >= 0.6 is 0 Å². The highest BCUT2D eigenvalue weighted by molar-refractivity contribution is 5.92. The van der Waals surface area contributed by atoms with E-state index in [1.807, 2.05) is 6.07 Å². The van der Waals surface area contributed by atoms with Crippen molar-refractivity contribution < 1.29 is 19.4 Å². The molecule has 116 valence electrons. The Morgan fingerprint density at radius 3 is 2.62 bits per heavy atom. The average molecular weight is 295 g/mol. The van der Waals surface area contributed by atoms with E-state index in [0.717, 1.165) is 0 Å². The Morgan fingerprint density at radius 1 is 1.29 bits per heavy atom. The smallest absolute Gasteiger partial charge is 0.319 e. The molecule has 0 aliphatic heterocycles. The fourth-order valence-electron chi connectivity index (χ4n) is 1.69. The van der Waals surface area contributed by atoms with Gasteiger partial charge in [-0.2, -0.15) is 0 Å². The molecule has 7 heteroatoms. The number of aliphatic hydroxyl groups is 1. The second-order valence-corrected chi connectivity index (χ2v) is 4.41. The van der Waals surface area contributed by atoms with Crippen LogP contribution in [-0.2, 0) is 9.53 Å². The van der Waals surface area contributed by atoms with Gasteiger partial charge in [0.2, 0.25) is 5.91 Å². The molecule has 0 heterocycles. The van der Waals surface area contributed by atoms with E-state index >= 15 is 0 Å². The molecule has 0 aliphatic carbocycles. The molecular weight excluding hydrogens is 274 g/mol. The maximum Gasteiger partial charge on any atom is 0.319 e. The molecule has 1 unspecified atom stereocenters. The standard InChI is InChI=1S/C14H21N3O4/c1-21-10-12(7-8-18)16-13(19)9-15-14(20)17-11-5-3-2-4-6-11/h2-6,12,18H,7-10H2,1H3,(H,16,19)(H2,15,17,20). The molecule has 0 aromatic heterocycles. The second-order valence-electron chi connectivity index (χ2n) is 4.41. The topological polar surface area (TPSA) is 99.7 Å². The van der Waals surface area contributed by atoms with Crippen LogP contribution in [0.25, 0.3) is 0 Å². The molecule has 1 aromatic carbocycles. The van der Waals surface area contributed by atoms with Crippen molar-refractivity contribution in [1.82, 2.24) is 10.6 Å². The van der Waals surface area contributed by atoms with Crippen LogP contribution in [0.15, 0.2) is 30.3 Å². The van der Waals surface area contributed by atoms with E-state index in [4.69, 9.17) is 9.84 Å². The minimum absolute atomic E-state index is 0.0454. The number of anilines is 1. The first-order valence-electron chi connectivity index (χ1n) is 6.64. The number of urea groups is 1. The maximum atomic E-state index is 11.7. The van der Waals surface area contributed by atoms with Crippen LogP contribution < -0.4 is 16.0 Å². The van der Waals surface area contributed by atoms with Gasteiger partial charge >= 0.3 is 6.03 Å². The number of rotatable bonds is 8. The number of carbonyl (C=O) groups is 2. The van der Waals surface area contributed by atoms with Crippen molar-refractivity contribution >= 4 is 17.6 Å². The summed E-state index contributed by atoms with van der Waals surface area (Å²) in [6, 6.07) is 8.20. The van der Waals surface area contributed by atoms with E-state index in [2.05, 4.69) is 16.0 Å². The molecule has 1 aromatic rings.